The van der Waals surface area contributed by atoms with Crippen LogP contribution in [-0.4, -0.2) is 78.9 Å². The Labute approximate surface area is 222 Å². The van der Waals surface area contributed by atoms with Crippen LogP contribution in [0.15, 0.2) is 54.7 Å². The molecule has 3 fully saturated rings. The SMILES string of the molecule is C=C1NC(=O)CCC1N1C(=O)c2ccc(N3CCN(C4CCN(c5ccc(N)cc5)CC4)CC3)cc2C1=O. The van der Waals surface area contributed by atoms with E-state index in [-0.39, 0.29) is 24.1 Å². The zero-order valence-electron chi connectivity index (χ0n) is 21.6. The Balaban J connectivity index is 1.06. The number of benzene rings is 2. The van der Waals surface area contributed by atoms with Crippen molar-refractivity contribution < 1.29 is 14.4 Å². The number of amides is 3. The number of nitrogens with one attached hydrogen (secondary N) is 1. The summed E-state index contributed by atoms with van der Waals surface area (Å²) in [5.41, 5.74) is 10.1. The van der Waals surface area contributed by atoms with E-state index in [4.69, 9.17) is 5.73 Å². The maximum Gasteiger partial charge on any atom is 0.262 e. The molecule has 4 heterocycles. The Morgan fingerprint density at radius 3 is 2.08 bits per heavy atom. The number of fused-ring (bicyclic) bond motifs is 1. The second-order valence-corrected chi connectivity index (χ2v) is 10.7. The van der Waals surface area contributed by atoms with E-state index in [9.17, 15) is 14.4 Å². The van der Waals surface area contributed by atoms with Gasteiger partial charge in [-0.05, 0) is 61.7 Å². The summed E-state index contributed by atoms with van der Waals surface area (Å²) >= 11 is 0. The van der Waals surface area contributed by atoms with Gasteiger partial charge in [-0.15, -0.1) is 0 Å². The Morgan fingerprint density at radius 1 is 0.763 bits per heavy atom. The van der Waals surface area contributed by atoms with E-state index in [1.54, 1.807) is 6.07 Å². The van der Waals surface area contributed by atoms with E-state index in [1.807, 2.05) is 24.3 Å². The highest BCUT2D eigenvalue weighted by Crippen LogP contribution is 2.33. The number of carbonyl (C=O) groups is 3. The van der Waals surface area contributed by atoms with E-state index in [1.165, 1.54) is 10.6 Å². The van der Waals surface area contributed by atoms with Gasteiger partial charge in [0.25, 0.3) is 11.8 Å². The number of imide groups is 1. The normalized spacial score (nSPS) is 23.2. The molecule has 0 saturated carbocycles. The van der Waals surface area contributed by atoms with Crippen LogP contribution in [0, 0.1) is 0 Å². The lowest BCUT2D eigenvalue weighted by molar-refractivity contribution is -0.121. The van der Waals surface area contributed by atoms with Crippen LogP contribution in [-0.2, 0) is 4.79 Å². The second-order valence-electron chi connectivity index (χ2n) is 10.7. The number of rotatable bonds is 4. The minimum atomic E-state index is -0.501. The number of nitrogen functional groups attached to an aromatic ring is 1. The summed E-state index contributed by atoms with van der Waals surface area (Å²) in [6, 6.07) is 13.8. The molecule has 9 nitrogen and oxygen atoms in total. The first-order chi connectivity index (χ1) is 18.4. The first-order valence-electron chi connectivity index (χ1n) is 13.5. The number of nitrogens with zero attached hydrogens (tertiary/aromatic N) is 4. The number of piperazine rings is 1. The Hall–Kier alpha value is -3.85. The molecular weight excluding hydrogens is 480 g/mol. The van der Waals surface area contributed by atoms with Gasteiger partial charge < -0.3 is 20.9 Å². The van der Waals surface area contributed by atoms with Gasteiger partial charge in [-0.1, -0.05) is 6.58 Å². The van der Waals surface area contributed by atoms with Crippen molar-refractivity contribution in [2.24, 2.45) is 0 Å². The number of carbonyl (C=O) groups excluding carboxylic acids is 3. The molecule has 1 unspecified atom stereocenters. The average molecular weight is 515 g/mol. The van der Waals surface area contributed by atoms with Crippen molar-refractivity contribution in [2.75, 3.05) is 54.8 Å². The third-order valence-electron chi connectivity index (χ3n) is 8.48. The fourth-order valence-corrected chi connectivity index (χ4v) is 6.30. The van der Waals surface area contributed by atoms with Crippen LogP contribution in [0.2, 0.25) is 0 Å². The lowest BCUT2D eigenvalue weighted by Gasteiger charge is -2.44. The van der Waals surface area contributed by atoms with E-state index >= 15 is 0 Å². The lowest BCUT2D eigenvalue weighted by Crippen LogP contribution is -2.53. The molecular formula is C29H34N6O3. The molecule has 0 spiro atoms. The first-order valence-corrected chi connectivity index (χ1v) is 13.5. The zero-order valence-corrected chi connectivity index (χ0v) is 21.6. The van der Waals surface area contributed by atoms with Crippen LogP contribution in [0.25, 0.3) is 0 Å². The van der Waals surface area contributed by atoms with Crippen molar-refractivity contribution in [3.63, 3.8) is 0 Å². The van der Waals surface area contributed by atoms with Crippen molar-refractivity contribution in [1.29, 1.82) is 0 Å². The highest BCUT2D eigenvalue weighted by atomic mass is 16.2. The summed E-state index contributed by atoms with van der Waals surface area (Å²) in [4.78, 5) is 46.7. The molecule has 3 N–H and O–H groups in total. The van der Waals surface area contributed by atoms with E-state index < -0.39 is 6.04 Å². The number of piperidine rings is 2. The predicted octanol–water partition coefficient (Wildman–Crippen LogP) is 2.45. The quantitative estimate of drug-likeness (QED) is 0.477. The van der Waals surface area contributed by atoms with Gasteiger partial charge >= 0.3 is 0 Å². The Bertz CT molecular complexity index is 1280. The van der Waals surface area contributed by atoms with Gasteiger partial charge in [0.2, 0.25) is 5.91 Å². The number of hydrogen-bond acceptors (Lipinski definition) is 7. The molecule has 3 amide bonds. The van der Waals surface area contributed by atoms with Crippen molar-refractivity contribution in [1.82, 2.24) is 15.1 Å². The van der Waals surface area contributed by atoms with Crippen LogP contribution >= 0.6 is 0 Å². The maximum atomic E-state index is 13.3. The fourth-order valence-electron chi connectivity index (χ4n) is 6.30. The molecule has 0 aromatic heterocycles. The van der Waals surface area contributed by atoms with Gasteiger partial charge in [-0.25, -0.2) is 0 Å². The van der Waals surface area contributed by atoms with E-state index in [0.29, 0.717) is 29.3 Å². The summed E-state index contributed by atoms with van der Waals surface area (Å²) in [6.07, 6.45) is 2.96. The van der Waals surface area contributed by atoms with Gasteiger partial charge in [-0.2, -0.15) is 0 Å². The van der Waals surface area contributed by atoms with Crippen LogP contribution in [0.5, 0.6) is 0 Å². The standard InChI is InChI=1S/C29H34N6O3/c1-19-26(8-9-27(36)31-19)35-28(37)24-7-6-23(18-25(24)29(35)38)34-16-14-33(15-17-34)22-10-12-32(13-11-22)21-4-2-20(30)3-5-21/h2-7,18,22,26H,1,8-17,30H2,(H,31,36). The summed E-state index contributed by atoms with van der Waals surface area (Å²) in [5.74, 6) is -0.744. The summed E-state index contributed by atoms with van der Waals surface area (Å²) in [5, 5.41) is 2.68. The zero-order chi connectivity index (χ0) is 26.4. The minimum Gasteiger partial charge on any atom is -0.399 e. The van der Waals surface area contributed by atoms with Crippen molar-refractivity contribution >= 4 is 34.8 Å². The molecule has 6 rings (SSSR count). The van der Waals surface area contributed by atoms with Crippen molar-refractivity contribution in [2.45, 2.75) is 37.8 Å². The lowest BCUT2D eigenvalue weighted by atomic mass is 10.0. The van der Waals surface area contributed by atoms with Gasteiger partial charge in [0, 0.05) is 74.5 Å². The van der Waals surface area contributed by atoms with Gasteiger partial charge in [0.05, 0.1) is 17.2 Å². The molecule has 0 aliphatic carbocycles. The largest absolute Gasteiger partial charge is 0.399 e. The molecule has 38 heavy (non-hydrogen) atoms. The third-order valence-corrected chi connectivity index (χ3v) is 8.48. The number of anilines is 3. The van der Waals surface area contributed by atoms with Crippen molar-refractivity contribution in [3.05, 3.63) is 65.9 Å². The van der Waals surface area contributed by atoms with Gasteiger partial charge in [0.15, 0.2) is 0 Å². The highest BCUT2D eigenvalue weighted by Gasteiger charge is 2.42. The molecule has 198 valence electrons. The van der Waals surface area contributed by atoms with Gasteiger partial charge in [-0.3, -0.25) is 24.2 Å². The topological polar surface area (TPSA) is 102 Å². The molecule has 2 aromatic rings. The van der Waals surface area contributed by atoms with Gasteiger partial charge in [0.1, 0.15) is 0 Å². The number of hydrogen-bond donors (Lipinski definition) is 2. The van der Waals surface area contributed by atoms with Crippen LogP contribution in [0.3, 0.4) is 0 Å². The van der Waals surface area contributed by atoms with E-state index in [0.717, 1.165) is 63.5 Å². The van der Waals surface area contributed by atoms with Crippen molar-refractivity contribution in [3.8, 4) is 0 Å². The average Bonchev–Trinajstić information content (AvgIpc) is 3.18. The summed E-state index contributed by atoms with van der Waals surface area (Å²) in [7, 11) is 0. The summed E-state index contributed by atoms with van der Waals surface area (Å²) < 4.78 is 0. The highest BCUT2D eigenvalue weighted by molar-refractivity contribution is 6.22. The number of nitrogens with two attached hydrogens (primary N) is 1. The Kier molecular flexibility index (Phi) is 6.31. The molecule has 3 saturated heterocycles. The molecule has 0 bridgehead atoms. The molecule has 0 radical (unpaired) electrons. The Morgan fingerprint density at radius 2 is 1.39 bits per heavy atom. The first kappa shape index (κ1) is 24.5. The molecule has 9 heteroatoms. The smallest absolute Gasteiger partial charge is 0.262 e. The monoisotopic (exact) mass is 514 g/mol. The minimum absolute atomic E-state index is 0.128. The molecule has 1 atom stereocenters. The molecule has 4 aliphatic heterocycles. The molecule has 4 aliphatic rings. The van der Waals surface area contributed by atoms with Crippen LogP contribution in [0.1, 0.15) is 46.4 Å². The van der Waals surface area contributed by atoms with E-state index in [2.05, 4.69) is 38.7 Å². The van der Waals surface area contributed by atoms with Crippen LogP contribution < -0.4 is 20.9 Å². The third kappa shape index (κ3) is 4.41. The second kappa shape index (κ2) is 9.79. The molecule has 2 aromatic carbocycles. The maximum absolute atomic E-state index is 13.3. The predicted molar refractivity (Wildman–Crippen MR) is 147 cm³/mol. The van der Waals surface area contributed by atoms with Crippen LogP contribution in [0.4, 0.5) is 17.1 Å². The summed E-state index contributed by atoms with van der Waals surface area (Å²) in [6.45, 7) is 9.69. The fraction of sp³-hybridized carbons (Fsp3) is 0.414.